The molecule has 3 amide bonds. The van der Waals surface area contributed by atoms with Crippen molar-refractivity contribution in [1.29, 1.82) is 0 Å². The molecule has 0 spiro atoms. The fourth-order valence-electron chi connectivity index (χ4n) is 1.49. The number of amides is 3. The van der Waals surface area contributed by atoms with E-state index in [1.54, 1.807) is 6.07 Å². The molecule has 0 atom stereocenters. The summed E-state index contributed by atoms with van der Waals surface area (Å²) in [6, 6.07) is 5.06. The minimum atomic E-state index is -0.522. The van der Waals surface area contributed by atoms with Crippen LogP contribution in [0.2, 0.25) is 0 Å². The third kappa shape index (κ3) is 5.73. The van der Waals surface area contributed by atoms with E-state index in [0.717, 1.165) is 11.1 Å². The molecule has 1 rings (SSSR count). The van der Waals surface area contributed by atoms with Crippen LogP contribution < -0.4 is 15.4 Å². The van der Waals surface area contributed by atoms with Crippen LogP contribution in [-0.2, 0) is 4.79 Å². The van der Waals surface area contributed by atoms with Crippen LogP contribution in [0, 0.1) is 13.8 Å². The standard InChI is InChI=1S/C15H22N2O3/c1-10-6-7-12(8-11(10)2)20-9-13(18)16-14(19)17-15(3,4)5/h6-8H,9H2,1-5H3,(H2,16,17,18,19). The number of rotatable bonds is 3. The summed E-state index contributed by atoms with van der Waals surface area (Å²) in [7, 11) is 0. The van der Waals surface area contributed by atoms with Gasteiger partial charge < -0.3 is 10.1 Å². The van der Waals surface area contributed by atoms with Crippen molar-refractivity contribution in [3.05, 3.63) is 29.3 Å². The van der Waals surface area contributed by atoms with Crippen molar-refractivity contribution in [2.45, 2.75) is 40.2 Å². The van der Waals surface area contributed by atoms with Crippen LogP contribution in [0.25, 0.3) is 0 Å². The van der Waals surface area contributed by atoms with E-state index in [4.69, 9.17) is 4.74 Å². The average Bonchev–Trinajstić information content (AvgIpc) is 2.28. The molecule has 0 aliphatic heterocycles. The monoisotopic (exact) mass is 278 g/mol. The molecule has 0 heterocycles. The second-order valence-corrected chi connectivity index (χ2v) is 5.79. The van der Waals surface area contributed by atoms with Gasteiger partial charge in [-0.15, -0.1) is 0 Å². The number of nitrogens with one attached hydrogen (secondary N) is 2. The molecule has 2 N–H and O–H groups in total. The lowest BCUT2D eigenvalue weighted by atomic mass is 10.1. The van der Waals surface area contributed by atoms with Crippen LogP contribution in [0.3, 0.4) is 0 Å². The quantitative estimate of drug-likeness (QED) is 0.891. The molecule has 1 aromatic rings. The van der Waals surface area contributed by atoms with Gasteiger partial charge in [0.05, 0.1) is 0 Å². The predicted octanol–water partition coefficient (Wildman–Crippen LogP) is 2.31. The Morgan fingerprint density at radius 2 is 1.80 bits per heavy atom. The van der Waals surface area contributed by atoms with Gasteiger partial charge in [-0.2, -0.15) is 0 Å². The van der Waals surface area contributed by atoms with Gasteiger partial charge in [0.15, 0.2) is 6.61 Å². The Morgan fingerprint density at radius 3 is 2.35 bits per heavy atom. The number of carbonyl (C=O) groups is 2. The first-order valence-electron chi connectivity index (χ1n) is 6.49. The zero-order chi connectivity index (χ0) is 15.3. The number of urea groups is 1. The van der Waals surface area contributed by atoms with E-state index in [1.807, 2.05) is 46.8 Å². The van der Waals surface area contributed by atoms with Crippen LogP contribution in [-0.4, -0.2) is 24.1 Å². The van der Waals surface area contributed by atoms with Crippen LogP contribution in [0.5, 0.6) is 5.75 Å². The summed E-state index contributed by atoms with van der Waals surface area (Å²) < 4.78 is 5.34. The number of ether oxygens (including phenoxy) is 1. The zero-order valence-electron chi connectivity index (χ0n) is 12.7. The molecule has 0 aliphatic rings. The van der Waals surface area contributed by atoms with Gasteiger partial charge in [0.2, 0.25) is 0 Å². The first-order valence-corrected chi connectivity index (χ1v) is 6.49. The highest BCUT2D eigenvalue weighted by Gasteiger charge is 2.15. The van der Waals surface area contributed by atoms with Crippen LogP contribution in [0.15, 0.2) is 18.2 Å². The smallest absolute Gasteiger partial charge is 0.321 e. The Hall–Kier alpha value is -2.04. The maximum absolute atomic E-state index is 11.6. The minimum absolute atomic E-state index is 0.194. The zero-order valence-corrected chi connectivity index (χ0v) is 12.7. The average molecular weight is 278 g/mol. The first-order chi connectivity index (χ1) is 9.17. The Bertz CT molecular complexity index is 504. The maximum Gasteiger partial charge on any atom is 0.321 e. The molecule has 5 heteroatoms. The van der Waals surface area contributed by atoms with E-state index in [0.29, 0.717) is 5.75 Å². The van der Waals surface area contributed by atoms with Crippen molar-refractivity contribution in [3.63, 3.8) is 0 Å². The lowest BCUT2D eigenvalue weighted by molar-refractivity contribution is -0.122. The lowest BCUT2D eigenvalue weighted by Crippen LogP contribution is -2.49. The summed E-state index contributed by atoms with van der Waals surface area (Å²) in [5.41, 5.74) is 1.86. The van der Waals surface area contributed by atoms with Gasteiger partial charge in [0, 0.05) is 5.54 Å². The molecule has 0 saturated heterocycles. The maximum atomic E-state index is 11.6. The van der Waals surface area contributed by atoms with Crippen molar-refractivity contribution < 1.29 is 14.3 Å². The third-order valence-corrected chi connectivity index (χ3v) is 2.59. The molecule has 0 radical (unpaired) electrons. The number of carbonyl (C=O) groups excluding carboxylic acids is 2. The summed E-state index contributed by atoms with van der Waals surface area (Å²) in [6.07, 6.45) is 0. The summed E-state index contributed by atoms with van der Waals surface area (Å²) in [5, 5.41) is 4.86. The molecule has 0 bridgehead atoms. The van der Waals surface area contributed by atoms with E-state index in [9.17, 15) is 9.59 Å². The topological polar surface area (TPSA) is 67.4 Å². The van der Waals surface area contributed by atoms with Crippen molar-refractivity contribution in [2.24, 2.45) is 0 Å². The molecule has 0 aromatic heterocycles. The number of imide groups is 1. The summed E-state index contributed by atoms with van der Waals surface area (Å²) in [6.45, 7) is 9.29. The number of hydrogen-bond donors (Lipinski definition) is 2. The normalized spacial score (nSPS) is 10.8. The highest BCUT2D eigenvalue weighted by atomic mass is 16.5. The predicted molar refractivity (Wildman–Crippen MR) is 77.8 cm³/mol. The van der Waals surface area contributed by atoms with Gasteiger partial charge in [0.25, 0.3) is 5.91 Å². The van der Waals surface area contributed by atoms with E-state index >= 15 is 0 Å². The first kappa shape index (κ1) is 16.0. The van der Waals surface area contributed by atoms with Gasteiger partial charge in [-0.3, -0.25) is 10.1 Å². The fourth-order valence-corrected chi connectivity index (χ4v) is 1.49. The number of hydrogen-bond acceptors (Lipinski definition) is 3. The molecule has 0 saturated carbocycles. The van der Waals surface area contributed by atoms with E-state index < -0.39 is 11.9 Å². The molecule has 0 fully saturated rings. The van der Waals surface area contributed by atoms with Gasteiger partial charge in [-0.25, -0.2) is 4.79 Å². The Morgan fingerprint density at radius 1 is 1.15 bits per heavy atom. The lowest BCUT2D eigenvalue weighted by Gasteiger charge is -2.20. The molecule has 0 unspecified atom stereocenters. The van der Waals surface area contributed by atoms with Crippen LogP contribution in [0.1, 0.15) is 31.9 Å². The van der Waals surface area contributed by atoms with E-state index in [-0.39, 0.29) is 12.1 Å². The number of aryl methyl sites for hydroxylation is 2. The van der Waals surface area contributed by atoms with Crippen LogP contribution in [0.4, 0.5) is 4.79 Å². The van der Waals surface area contributed by atoms with E-state index in [2.05, 4.69) is 10.6 Å². The summed E-state index contributed by atoms with van der Waals surface area (Å²) in [4.78, 5) is 23.0. The fraction of sp³-hybridized carbons (Fsp3) is 0.467. The molecule has 110 valence electrons. The van der Waals surface area contributed by atoms with Crippen LogP contribution >= 0.6 is 0 Å². The minimum Gasteiger partial charge on any atom is -0.484 e. The second kappa shape index (κ2) is 6.41. The number of benzene rings is 1. The molecule has 5 nitrogen and oxygen atoms in total. The van der Waals surface area contributed by atoms with Gasteiger partial charge in [0.1, 0.15) is 5.75 Å². The van der Waals surface area contributed by atoms with Gasteiger partial charge >= 0.3 is 6.03 Å². The van der Waals surface area contributed by atoms with Gasteiger partial charge in [-0.1, -0.05) is 6.07 Å². The molecular formula is C15H22N2O3. The van der Waals surface area contributed by atoms with Crippen molar-refractivity contribution in [2.75, 3.05) is 6.61 Å². The third-order valence-electron chi connectivity index (χ3n) is 2.59. The molecular weight excluding hydrogens is 256 g/mol. The highest BCUT2D eigenvalue weighted by Crippen LogP contribution is 2.16. The molecule has 1 aromatic carbocycles. The van der Waals surface area contributed by atoms with Crippen molar-refractivity contribution in [1.82, 2.24) is 10.6 Å². The van der Waals surface area contributed by atoms with Crippen molar-refractivity contribution in [3.8, 4) is 5.75 Å². The summed E-state index contributed by atoms with van der Waals surface area (Å²) in [5.74, 6) is 0.129. The summed E-state index contributed by atoms with van der Waals surface area (Å²) >= 11 is 0. The highest BCUT2D eigenvalue weighted by molar-refractivity contribution is 5.95. The molecule has 20 heavy (non-hydrogen) atoms. The second-order valence-electron chi connectivity index (χ2n) is 5.79. The van der Waals surface area contributed by atoms with Crippen molar-refractivity contribution >= 4 is 11.9 Å². The van der Waals surface area contributed by atoms with Gasteiger partial charge in [-0.05, 0) is 57.9 Å². The van der Waals surface area contributed by atoms with E-state index in [1.165, 1.54) is 0 Å². The molecule has 0 aliphatic carbocycles. The largest absolute Gasteiger partial charge is 0.484 e. The Kier molecular flexibility index (Phi) is 5.13. The SMILES string of the molecule is Cc1ccc(OCC(=O)NC(=O)NC(C)(C)C)cc1C. The Balaban J connectivity index is 2.43. The Labute approximate surface area is 119 Å².